The first kappa shape index (κ1) is 15.8. The van der Waals surface area contributed by atoms with Gasteiger partial charge >= 0.3 is 5.97 Å². The molecule has 0 heterocycles. The number of rotatable bonds is 7. The highest BCUT2D eigenvalue weighted by molar-refractivity contribution is 7.99. The van der Waals surface area contributed by atoms with Crippen molar-refractivity contribution in [3.05, 3.63) is 0 Å². The van der Waals surface area contributed by atoms with Gasteiger partial charge in [-0.2, -0.15) is 11.8 Å². The molecule has 0 spiro atoms. The minimum atomic E-state index is -0.111. The van der Waals surface area contributed by atoms with Crippen LogP contribution in [0, 0.1) is 0 Å². The fourth-order valence-electron chi connectivity index (χ4n) is 2.60. The summed E-state index contributed by atoms with van der Waals surface area (Å²) in [6, 6.07) is 0.373. The number of hydrogen-bond donors (Lipinski definition) is 1. The van der Waals surface area contributed by atoms with Gasteiger partial charge in [0.25, 0.3) is 0 Å². The zero-order chi connectivity index (χ0) is 13.4. The Balaban J connectivity index is 2.46. The molecule has 0 bridgehead atoms. The molecule has 1 saturated carbocycles. The van der Waals surface area contributed by atoms with E-state index in [9.17, 15) is 4.79 Å². The van der Waals surface area contributed by atoms with Crippen LogP contribution in [0.1, 0.15) is 52.4 Å². The number of nitrogens with one attached hydrogen (secondary N) is 1. The standard InChI is InChI=1S/C14H27NO2S/c1-4-7-13(14(16)17-5-2)15-11-8-6-9-12(10-11)18-3/h11-13,15H,4-10H2,1-3H3. The highest BCUT2D eigenvalue weighted by atomic mass is 32.2. The average molecular weight is 273 g/mol. The fraction of sp³-hybridized carbons (Fsp3) is 0.929. The molecule has 0 aromatic rings. The topological polar surface area (TPSA) is 38.3 Å². The van der Waals surface area contributed by atoms with Gasteiger partial charge in [0.2, 0.25) is 0 Å². The predicted octanol–water partition coefficient (Wildman–Crippen LogP) is 2.98. The third-order valence-electron chi connectivity index (χ3n) is 3.54. The lowest BCUT2D eigenvalue weighted by atomic mass is 9.94. The lowest BCUT2D eigenvalue weighted by molar-refractivity contribution is -0.146. The second-order valence-corrected chi connectivity index (χ2v) is 6.12. The molecule has 4 heteroatoms. The zero-order valence-electron chi connectivity index (χ0n) is 11.9. The molecule has 3 nitrogen and oxygen atoms in total. The van der Waals surface area contributed by atoms with E-state index in [1.807, 2.05) is 18.7 Å². The number of thioether (sulfide) groups is 1. The maximum Gasteiger partial charge on any atom is 0.323 e. The van der Waals surface area contributed by atoms with Crippen molar-refractivity contribution in [1.82, 2.24) is 5.32 Å². The lowest BCUT2D eigenvalue weighted by Gasteiger charge is -2.31. The molecule has 106 valence electrons. The Morgan fingerprint density at radius 2 is 2.22 bits per heavy atom. The molecule has 1 fully saturated rings. The maximum absolute atomic E-state index is 11.9. The summed E-state index contributed by atoms with van der Waals surface area (Å²) in [6.45, 7) is 4.45. The number of ether oxygens (including phenoxy) is 1. The molecule has 0 aromatic carbocycles. The Labute approximate surface area is 115 Å². The van der Waals surface area contributed by atoms with Gasteiger partial charge in [-0.05, 0) is 38.9 Å². The SMILES string of the molecule is CCCC(NC1CCCC(SC)C1)C(=O)OCC. The minimum Gasteiger partial charge on any atom is -0.465 e. The van der Waals surface area contributed by atoms with E-state index in [-0.39, 0.29) is 12.0 Å². The van der Waals surface area contributed by atoms with Crippen LogP contribution in [-0.4, -0.2) is 36.2 Å². The van der Waals surface area contributed by atoms with Crippen LogP contribution < -0.4 is 5.32 Å². The molecule has 3 unspecified atom stereocenters. The summed E-state index contributed by atoms with van der Waals surface area (Å²) in [5.41, 5.74) is 0. The van der Waals surface area contributed by atoms with E-state index in [2.05, 4.69) is 18.5 Å². The Bertz CT molecular complexity index is 248. The number of esters is 1. The smallest absolute Gasteiger partial charge is 0.323 e. The second kappa shape index (κ2) is 8.81. The highest BCUT2D eigenvalue weighted by Gasteiger charge is 2.26. The third kappa shape index (κ3) is 5.19. The molecule has 0 amide bonds. The van der Waals surface area contributed by atoms with E-state index in [0.717, 1.165) is 18.1 Å². The van der Waals surface area contributed by atoms with Crippen molar-refractivity contribution < 1.29 is 9.53 Å². The van der Waals surface area contributed by atoms with Crippen molar-refractivity contribution in [2.24, 2.45) is 0 Å². The molecule has 0 saturated heterocycles. The Kier molecular flexibility index (Phi) is 7.75. The van der Waals surface area contributed by atoms with Gasteiger partial charge in [-0.25, -0.2) is 0 Å². The molecule has 1 aliphatic carbocycles. The summed E-state index contributed by atoms with van der Waals surface area (Å²) in [6.07, 6.45) is 9.02. The second-order valence-electron chi connectivity index (χ2n) is 4.98. The van der Waals surface area contributed by atoms with Crippen LogP contribution in [-0.2, 0) is 9.53 Å². The predicted molar refractivity (Wildman–Crippen MR) is 78.0 cm³/mol. The first-order chi connectivity index (χ1) is 8.71. The van der Waals surface area contributed by atoms with Crippen molar-refractivity contribution in [2.45, 2.75) is 69.7 Å². The molecule has 1 aliphatic rings. The van der Waals surface area contributed by atoms with Gasteiger partial charge in [0.15, 0.2) is 0 Å². The number of carbonyl (C=O) groups excluding carboxylic acids is 1. The fourth-order valence-corrected chi connectivity index (χ4v) is 3.42. The van der Waals surface area contributed by atoms with Gasteiger partial charge in [-0.3, -0.25) is 4.79 Å². The van der Waals surface area contributed by atoms with Crippen LogP contribution in [0.15, 0.2) is 0 Å². The lowest BCUT2D eigenvalue weighted by Crippen LogP contribution is -2.46. The van der Waals surface area contributed by atoms with E-state index < -0.39 is 0 Å². The molecule has 3 atom stereocenters. The number of hydrogen-bond acceptors (Lipinski definition) is 4. The zero-order valence-corrected chi connectivity index (χ0v) is 12.7. The van der Waals surface area contributed by atoms with E-state index in [1.165, 1.54) is 25.7 Å². The third-order valence-corrected chi connectivity index (χ3v) is 4.64. The van der Waals surface area contributed by atoms with Crippen LogP contribution in [0.4, 0.5) is 0 Å². The van der Waals surface area contributed by atoms with Crippen LogP contribution >= 0.6 is 11.8 Å². The highest BCUT2D eigenvalue weighted by Crippen LogP contribution is 2.27. The van der Waals surface area contributed by atoms with Crippen LogP contribution in [0.2, 0.25) is 0 Å². The minimum absolute atomic E-state index is 0.0781. The summed E-state index contributed by atoms with van der Waals surface area (Å²) in [4.78, 5) is 11.9. The van der Waals surface area contributed by atoms with E-state index >= 15 is 0 Å². The van der Waals surface area contributed by atoms with Gasteiger partial charge in [0, 0.05) is 11.3 Å². The Hall–Kier alpha value is -0.220. The van der Waals surface area contributed by atoms with E-state index in [1.54, 1.807) is 0 Å². The van der Waals surface area contributed by atoms with Crippen LogP contribution in [0.5, 0.6) is 0 Å². The first-order valence-corrected chi connectivity index (χ1v) is 8.45. The Morgan fingerprint density at radius 3 is 2.83 bits per heavy atom. The normalized spacial score (nSPS) is 25.7. The average Bonchev–Trinajstić information content (AvgIpc) is 2.39. The molecule has 0 aliphatic heterocycles. The molecule has 0 aromatic heterocycles. The van der Waals surface area contributed by atoms with Gasteiger partial charge in [0.05, 0.1) is 6.61 Å². The molecular weight excluding hydrogens is 246 g/mol. The molecule has 18 heavy (non-hydrogen) atoms. The molecule has 0 radical (unpaired) electrons. The van der Waals surface area contributed by atoms with Crippen molar-refractivity contribution in [2.75, 3.05) is 12.9 Å². The molecular formula is C14H27NO2S. The van der Waals surface area contributed by atoms with Gasteiger partial charge < -0.3 is 10.1 Å². The Morgan fingerprint density at radius 1 is 1.44 bits per heavy atom. The largest absolute Gasteiger partial charge is 0.465 e. The first-order valence-electron chi connectivity index (χ1n) is 7.16. The summed E-state index contributed by atoms with van der Waals surface area (Å²) >= 11 is 1.95. The van der Waals surface area contributed by atoms with Gasteiger partial charge in [-0.1, -0.05) is 19.8 Å². The summed E-state index contributed by atoms with van der Waals surface area (Å²) in [7, 11) is 0. The van der Waals surface area contributed by atoms with Crippen LogP contribution in [0.3, 0.4) is 0 Å². The monoisotopic (exact) mass is 273 g/mol. The van der Waals surface area contributed by atoms with Crippen LogP contribution in [0.25, 0.3) is 0 Å². The van der Waals surface area contributed by atoms with Crippen molar-refractivity contribution in [3.63, 3.8) is 0 Å². The van der Waals surface area contributed by atoms with Crippen molar-refractivity contribution in [1.29, 1.82) is 0 Å². The van der Waals surface area contributed by atoms with Crippen molar-refractivity contribution in [3.8, 4) is 0 Å². The summed E-state index contributed by atoms with van der Waals surface area (Å²) < 4.78 is 5.14. The van der Waals surface area contributed by atoms with E-state index in [4.69, 9.17) is 4.74 Å². The summed E-state index contributed by atoms with van der Waals surface area (Å²) in [5, 5.41) is 4.27. The maximum atomic E-state index is 11.9. The molecule has 1 N–H and O–H groups in total. The van der Waals surface area contributed by atoms with Crippen molar-refractivity contribution >= 4 is 17.7 Å². The quantitative estimate of drug-likeness (QED) is 0.724. The van der Waals surface area contributed by atoms with Gasteiger partial charge in [-0.15, -0.1) is 0 Å². The van der Waals surface area contributed by atoms with E-state index in [0.29, 0.717) is 12.6 Å². The number of carbonyl (C=O) groups is 1. The molecule has 1 rings (SSSR count). The van der Waals surface area contributed by atoms with Gasteiger partial charge in [0.1, 0.15) is 6.04 Å². The summed E-state index contributed by atoms with van der Waals surface area (Å²) in [5.74, 6) is -0.0781.